The van der Waals surface area contributed by atoms with Crippen LogP contribution in [0.2, 0.25) is 0 Å². The molecule has 1 amide bonds. The first-order valence-electron chi connectivity index (χ1n) is 7.87. The van der Waals surface area contributed by atoms with E-state index in [1.807, 2.05) is 20.8 Å². The summed E-state index contributed by atoms with van der Waals surface area (Å²) >= 11 is 0. The lowest BCUT2D eigenvalue weighted by atomic mass is 10.1. The Hall–Kier alpha value is -1.92. The van der Waals surface area contributed by atoms with Gasteiger partial charge in [-0.2, -0.15) is 0 Å². The summed E-state index contributed by atoms with van der Waals surface area (Å²) in [7, 11) is 1.34. The number of ether oxygens (including phenoxy) is 2. The van der Waals surface area contributed by atoms with Crippen LogP contribution in [0.25, 0.3) is 0 Å². The van der Waals surface area contributed by atoms with Crippen molar-refractivity contribution in [3.63, 3.8) is 0 Å². The number of anilines is 1. The molecule has 2 N–H and O–H groups in total. The highest BCUT2D eigenvalue weighted by atomic mass is 16.5. The Morgan fingerprint density at radius 1 is 1.30 bits per heavy atom. The predicted octanol–water partition coefficient (Wildman–Crippen LogP) is 0.412. The first-order chi connectivity index (χ1) is 10.9. The smallest absolute Gasteiger partial charge is 0.337 e. The van der Waals surface area contributed by atoms with Crippen LogP contribution in [0.15, 0.2) is 18.2 Å². The number of carbonyl (C=O) groups is 2. The summed E-state index contributed by atoms with van der Waals surface area (Å²) in [4.78, 5) is 25.1. The molecule has 6 heteroatoms. The molecule has 2 rings (SSSR count). The van der Waals surface area contributed by atoms with E-state index in [-0.39, 0.29) is 18.1 Å². The molecule has 1 aliphatic rings. The van der Waals surface area contributed by atoms with E-state index in [1.165, 1.54) is 12.0 Å². The van der Waals surface area contributed by atoms with Gasteiger partial charge in [0, 0.05) is 5.69 Å². The second-order valence-corrected chi connectivity index (χ2v) is 6.16. The van der Waals surface area contributed by atoms with Crippen LogP contribution in [0.4, 0.5) is 5.69 Å². The molecule has 3 atom stereocenters. The number of methoxy groups -OCH3 is 1. The van der Waals surface area contributed by atoms with Crippen LogP contribution in [0, 0.1) is 6.92 Å². The van der Waals surface area contributed by atoms with Crippen molar-refractivity contribution in [1.82, 2.24) is 0 Å². The molecule has 1 unspecified atom stereocenters. The van der Waals surface area contributed by atoms with Gasteiger partial charge in [-0.3, -0.25) is 4.79 Å². The molecule has 126 valence electrons. The van der Waals surface area contributed by atoms with Crippen molar-refractivity contribution in [2.24, 2.45) is 0 Å². The van der Waals surface area contributed by atoms with Crippen molar-refractivity contribution in [3.8, 4) is 0 Å². The highest BCUT2D eigenvalue weighted by Gasteiger charge is 2.27. The Balaban J connectivity index is 2.01. The van der Waals surface area contributed by atoms with Crippen LogP contribution in [0.1, 0.15) is 29.8 Å². The molecule has 23 heavy (non-hydrogen) atoms. The third-order valence-corrected chi connectivity index (χ3v) is 3.96. The first kappa shape index (κ1) is 17.4. The van der Waals surface area contributed by atoms with E-state index >= 15 is 0 Å². The monoisotopic (exact) mass is 321 g/mol. The Bertz CT molecular complexity index is 578. The molecule has 0 aliphatic carbocycles. The maximum Gasteiger partial charge on any atom is 0.337 e. The largest absolute Gasteiger partial charge is 0.465 e. The number of hydrogen-bond acceptors (Lipinski definition) is 4. The topological polar surface area (TPSA) is 69.1 Å². The lowest BCUT2D eigenvalue weighted by Gasteiger charge is -2.31. The Labute approximate surface area is 136 Å². The number of esters is 1. The van der Waals surface area contributed by atoms with Crippen molar-refractivity contribution in [3.05, 3.63) is 29.3 Å². The van der Waals surface area contributed by atoms with Crippen LogP contribution >= 0.6 is 0 Å². The molecular formula is C17H25N2O4+. The van der Waals surface area contributed by atoms with E-state index in [0.29, 0.717) is 17.8 Å². The highest BCUT2D eigenvalue weighted by Crippen LogP contribution is 2.17. The molecule has 0 spiro atoms. The summed E-state index contributed by atoms with van der Waals surface area (Å²) in [6.07, 6.45) is 0.317. The number of benzene rings is 1. The van der Waals surface area contributed by atoms with Crippen molar-refractivity contribution in [2.45, 2.75) is 33.0 Å². The molecule has 1 aliphatic heterocycles. The van der Waals surface area contributed by atoms with Gasteiger partial charge in [-0.15, -0.1) is 0 Å². The fourth-order valence-electron chi connectivity index (χ4n) is 2.96. The van der Waals surface area contributed by atoms with Crippen molar-refractivity contribution >= 4 is 17.6 Å². The zero-order valence-corrected chi connectivity index (χ0v) is 14.1. The minimum atomic E-state index is -0.415. The molecule has 1 aromatic carbocycles. The Morgan fingerprint density at radius 2 is 1.96 bits per heavy atom. The van der Waals surface area contributed by atoms with Gasteiger partial charge >= 0.3 is 5.97 Å². The lowest BCUT2D eigenvalue weighted by molar-refractivity contribution is -0.907. The van der Waals surface area contributed by atoms with Gasteiger partial charge in [-0.25, -0.2) is 4.79 Å². The zero-order valence-electron chi connectivity index (χ0n) is 14.1. The number of rotatable bonds is 4. The predicted molar refractivity (Wildman–Crippen MR) is 86.7 cm³/mol. The molecule has 1 aromatic rings. The van der Waals surface area contributed by atoms with E-state index in [0.717, 1.165) is 18.7 Å². The number of quaternary nitrogens is 1. The van der Waals surface area contributed by atoms with Gasteiger partial charge < -0.3 is 19.7 Å². The van der Waals surface area contributed by atoms with Gasteiger partial charge in [0.1, 0.15) is 25.3 Å². The van der Waals surface area contributed by atoms with Gasteiger partial charge in [0.05, 0.1) is 12.7 Å². The Kier molecular flexibility index (Phi) is 5.74. The Morgan fingerprint density at radius 3 is 2.57 bits per heavy atom. The van der Waals surface area contributed by atoms with E-state index in [1.54, 1.807) is 18.2 Å². The number of nitrogens with one attached hydrogen (secondary N) is 2. The maximum atomic E-state index is 12.3. The van der Waals surface area contributed by atoms with Crippen LogP contribution in [0.3, 0.4) is 0 Å². The molecule has 0 bridgehead atoms. The number of aryl methyl sites for hydroxylation is 1. The van der Waals surface area contributed by atoms with E-state index in [2.05, 4.69) is 5.32 Å². The number of carbonyl (C=O) groups excluding carboxylic acids is 2. The standard InChI is InChI=1S/C17H24N2O4/c1-11-5-6-14(17(21)22-4)7-15(11)18-16(20)10-19-8-12(2)23-13(3)9-19/h5-7,12-13H,8-10H2,1-4H3,(H,18,20)/p+1/t12-,13+. The van der Waals surface area contributed by atoms with Crippen LogP contribution < -0.4 is 10.2 Å². The van der Waals surface area contributed by atoms with Crippen LogP contribution in [-0.4, -0.2) is 50.8 Å². The third-order valence-electron chi connectivity index (χ3n) is 3.96. The third kappa shape index (κ3) is 4.77. The first-order valence-corrected chi connectivity index (χ1v) is 7.87. The SMILES string of the molecule is COC(=O)c1ccc(C)c(NC(=O)C[NH+]2C[C@@H](C)O[C@@H](C)C2)c1. The van der Waals surface area contributed by atoms with E-state index < -0.39 is 5.97 Å². The molecule has 0 saturated carbocycles. The van der Waals surface area contributed by atoms with Crippen molar-refractivity contribution in [2.75, 3.05) is 32.1 Å². The lowest BCUT2D eigenvalue weighted by Crippen LogP contribution is -3.16. The summed E-state index contributed by atoms with van der Waals surface area (Å²) in [6, 6.07) is 5.14. The highest BCUT2D eigenvalue weighted by molar-refractivity contribution is 5.95. The number of amides is 1. The van der Waals surface area contributed by atoms with Gasteiger partial charge in [-0.05, 0) is 38.5 Å². The second-order valence-electron chi connectivity index (χ2n) is 6.16. The van der Waals surface area contributed by atoms with Gasteiger partial charge in [-0.1, -0.05) is 6.07 Å². The molecular weight excluding hydrogens is 296 g/mol. The summed E-state index contributed by atoms with van der Waals surface area (Å²) in [5.41, 5.74) is 1.98. The minimum Gasteiger partial charge on any atom is -0.465 e. The molecule has 0 radical (unpaired) electrons. The molecule has 1 fully saturated rings. The van der Waals surface area contributed by atoms with Crippen molar-refractivity contribution < 1.29 is 24.0 Å². The number of hydrogen-bond donors (Lipinski definition) is 2. The number of morpholine rings is 1. The molecule has 6 nitrogen and oxygen atoms in total. The van der Waals surface area contributed by atoms with E-state index in [9.17, 15) is 9.59 Å². The zero-order chi connectivity index (χ0) is 17.0. The molecule has 1 saturated heterocycles. The molecule has 1 heterocycles. The van der Waals surface area contributed by atoms with Gasteiger partial charge in [0.25, 0.3) is 5.91 Å². The quantitative estimate of drug-likeness (QED) is 0.788. The van der Waals surface area contributed by atoms with Crippen molar-refractivity contribution in [1.29, 1.82) is 0 Å². The van der Waals surface area contributed by atoms with Gasteiger partial charge in [0.15, 0.2) is 6.54 Å². The fourth-order valence-corrected chi connectivity index (χ4v) is 2.96. The normalized spacial score (nSPS) is 24.1. The average molecular weight is 321 g/mol. The van der Waals surface area contributed by atoms with Crippen LogP contribution in [0.5, 0.6) is 0 Å². The minimum absolute atomic E-state index is 0.0635. The average Bonchev–Trinajstić information content (AvgIpc) is 2.47. The summed E-state index contributed by atoms with van der Waals surface area (Å²) in [6.45, 7) is 7.97. The fraction of sp³-hybridized carbons (Fsp3) is 0.529. The summed E-state index contributed by atoms with van der Waals surface area (Å²) < 4.78 is 10.4. The van der Waals surface area contributed by atoms with Crippen LogP contribution in [-0.2, 0) is 14.3 Å². The summed E-state index contributed by atoms with van der Waals surface area (Å²) in [5, 5.41) is 2.90. The second kappa shape index (κ2) is 7.57. The van der Waals surface area contributed by atoms with E-state index in [4.69, 9.17) is 9.47 Å². The maximum absolute atomic E-state index is 12.3. The molecule has 0 aromatic heterocycles. The summed E-state index contributed by atoms with van der Waals surface area (Å²) in [5.74, 6) is -0.478. The van der Waals surface area contributed by atoms with Gasteiger partial charge in [0.2, 0.25) is 0 Å².